The minimum atomic E-state index is -0.690. The van der Waals surface area contributed by atoms with E-state index in [4.69, 9.17) is 4.74 Å². The van der Waals surface area contributed by atoms with Gasteiger partial charge in [0.1, 0.15) is 17.5 Å². The van der Waals surface area contributed by atoms with Gasteiger partial charge in [-0.3, -0.25) is 0 Å². The van der Waals surface area contributed by atoms with Gasteiger partial charge in [0.05, 0.1) is 24.5 Å². The molecule has 1 atom stereocenters. The van der Waals surface area contributed by atoms with Crippen molar-refractivity contribution in [2.24, 2.45) is 0 Å². The number of fused-ring (bicyclic) bond motifs is 1. The molecule has 0 radical (unpaired) electrons. The summed E-state index contributed by atoms with van der Waals surface area (Å²) in [5.74, 6) is 0.923. The predicted octanol–water partition coefficient (Wildman–Crippen LogP) is 1.55. The minimum Gasteiger partial charge on any atom is -0.493 e. The second-order valence-corrected chi connectivity index (χ2v) is 4.26. The van der Waals surface area contributed by atoms with Gasteiger partial charge in [0.2, 0.25) is 0 Å². The zero-order valence-electron chi connectivity index (χ0n) is 8.46. The molecule has 0 fully saturated rings. The Hall–Kier alpha value is -1.46. The van der Waals surface area contributed by atoms with Gasteiger partial charge in [-0.05, 0) is 23.3 Å². The molecule has 1 aromatic heterocycles. The Bertz CT molecular complexity index is 499. The first kappa shape index (κ1) is 9.74. The fourth-order valence-electron chi connectivity index (χ4n) is 1.84. The van der Waals surface area contributed by atoms with Gasteiger partial charge in [0.25, 0.3) is 0 Å². The van der Waals surface area contributed by atoms with Gasteiger partial charge in [-0.15, -0.1) is 0 Å². The van der Waals surface area contributed by atoms with Crippen LogP contribution in [0, 0.1) is 0 Å². The van der Waals surface area contributed by atoms with Crippen LogP contribution >= 0.6 is 11.7 Å². The Morgan fingerprint density at radius 1 is 1.44 bits per heavy atom. The van der Waals surface area contributed by atoms with Crippen LogP contribution < -0.4 is 4.74 Å². The van der Waals surface area contributed by atoms with Crippen LogP contribution in [0.3, 0.4) is 0 Å². The normalized spacial score (nSPS) is 15.6. The molecule has 2 aromatic rings. The molecule has 0 bridgehead atoms. The molecule has 0 saturated carbocycles. The maximum atomic E-state index is 10.1. The van der Waals surface area contributed by atoms with Crippen molar-refractivity contribution in [2.75, 3.05) is 6.61 Å². The number of hydrogen-bond donors (Lipinski definition) is 1. The number of benzene rings is 1. The minimum absolute atomic E-state index is 0.601. The number of rotatable bonds is 2. The lowest BCUT2D eigenvalue weighted by atomic mass is 10.0. The summed E-state index contributed by atoms with van der Waals surface area (Å²) in [6, 6.07) is 5.75. The highest BCUT2D eigenvalue weighted by atomic mass is 32.1. The molecule has 5 heteroatoms. The molecule has 4 nitrogen and oxygen atoms in total. The molecule has 1 aliphatic rings. The first-order valence-corrected chi connectivity index (χ1v) is 5.79. The molecule has 0 spiro atoms. The Morgan fingerprint density at radius 3 is 3.19 bits per heavy atom. The fraction of sp³-hybridized carbons (Fsp3) is 0.273. The first-order valence-electron chi connectivity index (χ1n) is 5.06. The highest BCUT2D eigenvalue weighted by Crippen LogP contribution is 2.29. The van der Waals surface area contributed by atoms with Crippen LogP contribution in [0.25, 0.3) is 0 Å². The molecule has 1 unspecified atom stereocenters. The van der Waals surface area contributed by atoms with Gasteiger partial charge in [-0.1, -0.05) is 6.07 Å². The lowest BCUT2D eigenvalue weighted by molar-refractivity contribution is 0.216. The molecule has 3 rings (SSSR count). The van der Waals surface area contributed by atoms with Crippen LogP contribution in [-0.2, 0) is 6.42 Å². The highest BCUT2D eigenvalue weighted by molar-refractivity contribution is 6.99. The largest absolute Gasteiger partial charge is 0.493 e. The summed E-state index contributed by atoms with van der Waals surface area (Å²) in [6.45, 7) is 0.729. The Balaban J connectivity index is 1.95. The van der Waals surface area contributed by atoms with Crippen LogP contribution in [0.5, 0.6) is 5.75 Å². The maximum absolute atomic E-state index is 10.1. The zero-order chi connectivity index (χ0) is 11.0. The summed E-state index contributed by atoms with van der Waals surface area (Å²) in [5, 5.41) is 10.1. The molecular weight excluding hydrogens is 224 g/mol. The van der Waals surface area contributed by atoms with E-state index in [-0.39, 0.29) is 0 Å². The van der Waals surface area contributed by atoms with Gasteiger partial charge < -0.3 is 9.84 Å². The monoisotopic (exact) mass is 234 g/mol. The summed E-state index contributed by atoms with van der Waals surface area (Å²) in [4.78, 5) is 0. The van der Waals surface area contributed by atoms with Crippen LogP contribution in [0.1, 0.15) is 22.9 Å². The molecule has 16 heavy (non-hydrogen) atoms. The standard InChI is InChI=1S/C11H10N2O2S/c14-11(9-6-12-16-13-9)8-1-2-10-7(5-8)3-4-15-10/h1-2,5-6,11,14H,3-4H2. The van der Waals surface area contributed by atoms with Crippen LogP contribution in [0.2, 0.25) is 0 Å². The number of aliphatic hydroxyl groups excluding tert-OH is 1. The first-order chi connectivity index (χ1) is 7.84. The van der Waals surface area contributed by atoms with Crippen molar-refractivity contribution in [3.63, 3.8) is 0 Å². The second-order valence-electron chi connectivity index (χ2n) is 3.70. The lowest BCUT2D eigenvalue weighted by Gasteiger charge is -2.08. The molecular formula is C11H10N2O2S. The fourth-order valence-corrected chi connectivity index (χ4v) is 2.28. The van der Waals surface area contributed by atoms with E-state index < -0.39 is 6.10 Å². The quantitative estimate of drug-likeness (QED) is 0.856. The van der Waals surface area contributed by atoms with E-state index in [2.05, 4.69) is 8.75 Å². The van der Waals surface area contributed by atoms with Crippen molar-refractivity contribution in [1.29, 1.82) is 0 Å². The SMILES string of the molecule is OC(c1ccc2c(c1)CCO2)c1cnsn1. The average molecular weight is 234 g/mol. The molecule has 82 valence electrons. The number of nitrogens with zero attached hydrogens (tertiary/aromatic N) is 2. The van der Waals surface area contributed by atoms with E-state index in [9.17, 15) is 5.11 Å². The second kappa shape index (κ2) is 3.84. The van der Waals surface area contributed by atoms with E-state index in [0.29, 0.717) is 5.69 Å². The van der Waals surface area contributed by atoms with Crippen molar-refractivity contribution >= 4 is 11.7 Å². The van der Waals surface area contributed by atoms with Gasteiger partial charge in [-0.25, -0.2) is 0 Å². The summed E-state index contributed by atoms with van der Waals surface area (Å²) in [5.41, 5.74) is 2.60. The van der Waals surface area contributed by atoms with E-state index >= 15 is 0 Å². The topological polar surface area (TPSA) is 55.2 Å². The third kappa shape index (κ3) is 1.58. The van der Waals surface area contributed by atoms with Crippen molar-refractivity contribution in [3.05, 3.63) is 41.2 Å². The predicted molar refractivity (Wildman–Crippen MR) is 59.6 cm³/mol. The lowest BCUT2D eigenvalue weighted by Crippen LogP contribution is -2.00. The van der Waals surface area contributed by atoms with Crippen molar-refractivity contribution in [3.8, 4) is 5.75 Å². The third-order valence-electron chi connectivity index (χ3n) is 2.69. The van der Waals surface area contributed by atoms with Crippen LogP contribution in [0.15, 0.2) is 24.4 Å². The van der Waals surface area contributed by atoms with Gasteiger partial charge >= 0.3 is 0 Å². The van der Waals surface area contributed by atoms with E-state index in [1.165, 1.54) is 0 Å². The van der Waals surface area contributed by atoms with Crippen molar-refractivity contribution in [2.45, 2.75) is 12.5 Å². The van der Waals surface area contributed by atoms with Gasteiger partial charge in [-0.2, -0.15) is 8.75 Å². The maximum Gasteiger partial charge on any atom is 0.124 e. The Kier molecular flexibility index (Phi) is 2.34. The van der Waals surface area contributed by atoms with Gasteiger partial charge in [0, 0.05) is 6.42 Å². The van der Waals surface area contributed by atoms with Crippen molar-refractivity contribution in [1.82, 2.24) is 8.75 Å². The Morgan fingerprint density at radius 2 is 2.38 bits per heavy atom. The van der Waals surface area contributed by atoms with Crippen LogP contribution in [-0.4, -0.2) is 20.5 Å². The van der Waals surface area contributed by atoms with Crippen LogP contribution in [0.4, 0.5) is 0 Å². The highest BCUT2D eigenvalue weighted by Gasteiger charge is 2.17. The molecule has 0 saturated heterocycles. The molecule has 2 heterocycles. The summed E-state index contributed by atoms with van der Waals surface area (Å²) in [6.07, 6.45) is 1.81. The molecule has 0 aliphatic carbocycles. The van der Waals surface area contributed by atoms with Crippen molar-refractivity contribution < 1.29 is 9.84 Å². The summed E-state index contributed by atoms with van der Waals surface area (Å²) in [7, 11) is 0. The number of hydrogen-bond acceptors (Lipinski definition) is 5. The molecule has 1 aliphatic heterocycles. The molecule has 0 amide bonds. The number of aromatic nitrogens is 2. The number of ether oxygens (including phenoxy) is 1. The zero-order valence-corrected chi connectivity index (χ0v) is 9.28. The number of aliphatic hydroxyl groups is 1. The Labute approximate surface area is 96.8 Å². The van der Waals surface area contributed by atoms with E-state index in [1.54, 1.807) is 6.20 Å². The molecule has 1 aromatic carbocycles. The van der Waals surface area contributed by atoms with Gasteiger partial charge in [0.15, 0.2) is 0 Å². The smallest absolute Gasteiger partial charge is 0.124 e. The average Bonchev–Trinajstić information content (AvgIpc) is 2.98. The third-order valence-corrected chi connectivity index (χ3v) is 3.18. The molecule has 1 N–H and O–H groups in total. The summed E-state index contributed by atoms with van der Waals surface area (Å²) >= 11 is 1.10. The van der Waals surface area contributed by atoms with E-state index in [0.717, 1.165) is 41.6 Å². The van der Waals surface area contributed by atoms with E-state index in [1.807, 2.05) is 18.2 Å². The summed E-state index contributed by atoms with van der Waals surface area (Å²) < 4.78 is 13.3.